The molecule has 1 aromatic carbocycles. The van der Waals surface area contributed by atoms with E-state index in [9.17, 15) is 9.90 Å². The van der Waals surface area contributed by atoms with E-state index in [1.165, 1.54) is 19.0 Å². The molecule has 1 saturated carbocycles. The lowest BCUT2D eigenvalue weighted by atomic mass is 9.84. The summed E-state index contributed by atoms with van der Waals surface area (Å²) in [6.07, 6.45) is 4.68. The first kappa shape index (κ1) is 18.4. The van der Waals surface area contributed by atoms with E-state index in [-0.39, 0.29) is 12.5 Å². The van der Waals surface area contributed by atoms with Crippen molar-refractivity contribution in [3.8, 4) is 5.88 Å². The average Bonchev–Trinajstić information content (AvgIpc) is 3.50. The number of rotatable bonds is 9. The number of carbonyl (C=O) groups is 1. The van der Waals surface area contributed by atoms with Gasteiger partial charge < -0.3 is 15.2 Å². The van der Waals surface area contributed by atoms with Gasteiger partial charge in [-0.1, -0.05) is 37.3 Å². The molecular weight excluding hydrogens is 328 g/mol. The average molecular weight is 354 g/mol. The SMILES string of the molecule is C[C@@](CO)(CNC(=O)c1ccc(OCC2CC2)nc1)Cc1ccccc1. The number of aliphatic hydroxyl groups excluding tert-OH is 1. The van der Waals surface area contributed by atoms with Crippen molar-refractivity contribution in [2.75, 3.05) is 19.8 Å². The van der Waals surface area contributed by atoms with Gasteiger partial charge in [0.05, 0.1) is 18.8 Å². The van der Waals surface area contributed by atoms with E-state index in [1.54, 1.807) is 12.1 Å². The molecule has 1 heterocycles. The smallest absolute Gasteiger partial charge is 0.252 e. The predicted molar refractivity (Wildman–Crippen MR) is 100 cm³/mol. The molecule has 5 nitrogen and oxygen atoms in total. The van der Waals surface area contributed by atoms with Crippen molar-refractivity contribution in [2.45, 2.75) is 26.2 Å². The second-order valence-corrected chi connectivity index (χ2v) is 7.45. The Morgan fingerprint density at radius 2 is 2.04 bits per heavy atom. The molecule has 2 N–H and O–H groups in total. The normalized spacial score (nSPS) is 15.9. The lowest BCUT2D eigenvalue weighted by Gasteiger charge is -2.27. The molecule has 0 spiro atoms. The molecule has 1 amide bonds. The van der Waals surface area contributed by atoms with Crippen LogP contribution in [0.5, 0.6) is 5.88 Å². The Hall–Kier alpha value is -2.40. The maximum atomic E-state index is 12.4. The third-order valence-corrected chi connectivity index (χ3v) is 4.69. The second kappa shape index (κ2) is 8.32. The van der Waals surface area contributed by atoms with Crippen LogP contribution < -0.4 is 10.1 Å². The van der Waals surface area contributed by atoms with Crippen LogP contribution in [0.1, 0.15) is 35.7 Å². The van der Waals surface area contributed by atoms with Gasteiger partial charge in [0, 0.05) is 24.2 Å². The van der Waals surface area contributed by atoms with Crippen LogP contribution >= 0.6 is 0 Å². The molecule has 0 aliphatic heterocycles. The molecule has 0 radical (unpaired) electrons. The van der Waals surface area contributed by atoms with Crippen molar-refractivity contribution in [1.82, 2.24) is 10.3 Å². The quantitative estimate of drug-likeness (QED) is 0.726. The van der Waals surface area contributed by atoms with E-state index < -0.39 is 5.41 Å². The summed E-state index contributed by atoms with van der Waals surface area (Å²) >= 11 is 0. The first-order chi connectivity index (χ1) is 12.6. The summed E-state index contributed by atoms with van der Waals surface area (Å²) in [5, 5.41) is 12.7. The summed E-state index contributed by atoms with van der Waals surface area (Å²) in [4.78, 5) is 16.6. The maximum absolute atomic E-state index is 12.4. The molecule has 2 aromatic rings. The van der Waals surface area contributed by atoms with Gasteiger partial charge in [-0.2, -0.15) is 0 Å². The van der Waals surface area contributed by atoms with E-state index in [2.05, 4.69) is 10.3 Å². The van der Waals surface area contributed by atoms with Crippen LogP contribution in [0.2, 0.25) is 0 Å². The van der Waals surface area contributed by atoms with E-state index in [1.807, 2.05) is 37.3 Å². The Labute approximate surface area is 154 Å². The van der Waals surface area contributed by atoms with Crippen LogP contribution in [0.4, 0.5) is 0 Å². The van der Waals surface area contributed by atoms with Gasteiger partial charge in [0.15, 0.2) is 0 Å². The minimum absolute atomic E-state index is 0.00559. The highest BCUT2D eigenvalue weighted by molar-refractivity contribution is 5.93. The summed E-state index contributed by atoms with van der Waals surface area (Å²) in [5.41, 5.74) is 1.21. The predicted octanol–water partition coefficient (Wildman–Crippen LogP) is 2.84. The van der Waals surface area contributed by atoms with Crippen molar-refractivity contribution < 1.29 is 14.6 Å². The van der Waals surface area contributed by atoms with Crippen molar-refractivity contribution in [3.05, 3.63) is 59.8 Å². The number of ether oxygens (including phenoxy) is 1. The summed E-state index contributed by atoms with van der Waals surface area (Å²) in [7, 11) is 0. The number of pyridine rings is 1. The van der Waals surface area contributed by atoms with Crippen LogP contribution in [0.3, 0.4) is 0 Å². The van der Waals surface area contributed by atoms with Gasteiger partial charge in [0.25, 0.3) is 5.91 Å². The van der Waals surface area contributed by atoms with E-state index in [0.717, 1.165) is 5.56 Å². The number of hydrogen-bond donors (Lipinski definition) is 2. The number of aliphatic hydroxyl groups is 1. The summed E-state index contributed by atoms with van der Waals surface area (Å²) in [6, 6.07) is 13.4. The zero-order chi connectivity index (χ0) is 18.4. The van der Waals surface area contributed by atoms with Gasteiger partial charge >= 0.3 is 0 Å². The fraction of sp³-hybridized carbons (Fsp3) is 0.429. The van der Waals surface area contributed by atoms with Crippen LogP contribution in [-0.2, 0) is 6.42 Å². The molecule has 1 aliphatic carbocycles. The minimum atomic E-state index is -0.419. The van der Waals surface area contributed by atoms with E-state index >= 15 is 0 Å². The standard InChI is InChI=1S/C21H26N2O3/c1-21(15-24,11-16-5-3-2-4-6-16)14-23-20(25)18-9-10-19(22-12-18)26-13-17-7-8-17/h2-6,9-10,12,17,24H,7-8,11,13-15H2,1H3,(H,23,25)/t21-/m0/s1. The first-order valence-electron chi connectivity index (χ1n) is 9.10. The number of carbonyl (C=O) groups excluding carboxylic acids is 1. The number of hydrogen-bond acceptors (Lipinski definition) is 4. The van der Waals surface area contributed by atoms with Crippen molar-refractivity contribution in [2.24, 2.45) is 11.3 Å². The van der Waals surface area contributed by atoms with Crippen LogP contribution in [0.15, 0.2) is 48.7 Å². The number of nitrogens with zero attached hydrogens (tertiary/aromatic N) is 1. The van der Waals surface area contributed by atoms with Gasteiger partial charge in [-0.25, -0.2) is 4.98 Å². The highest BCUT2D eigenvalue weighted by Gasteiger charge is 2.25. The third kappa shape index (κ3) is 5.30. The van der Waals surface area contributed by atoms with Crippen molar-refractivity contribution in [3.63, 3.8) is 0 Å². The molecule has 0 saturated heterocycles. The molecule has 1 atom stereocenters. The first-order valence-corrected chi connectivity index (χ1v) is 9.10. The van der Waals surface area contributed by atoms with Gasteiger partial charge in [-0.3, -0.25) is 4.79 Å². The maximum Gasteiger partial charge on any atom is 0.252 e. The number of benzene rings is 1. The van der Waals surface area contributed by atoms with Gasteiger partial charge in [0.2, 0.25) is 5.88 Å². The Balaban J connectivity index is 1.52. The minimum Gasteiger partial charge on any atom is -0.477 e. The zero-order valence-electron chi connectivity index (χ0n) is 15.1. The molecule has 1 aromatic heterocycles. The molecule has 3 rings (SSSR count). The largest absolute Gasteiger partial charge is 0.477 e. The number of amides is 1. The van der Waals surface area contributed by atoms with E-state index in [4.69, 9.17) is 4.74 Å². The fourth-order valence-electron chi connectivity index (χ4n) is 2.75. The highest BCUT2D eigenvalue weighted by atomic mass is 16.5. The molecule has 1 aliphatic rings. The lowest BCUT2D eigenvalue weighted by Crippen LogP contribution is -2.39. The Bertz CT molecular complexity index is 714. The molecule has 0 unspecified atom stereocenters. The second-order valence-electron chi connectivity index (χ2n) is 7.45. The number of aromatic nitrogens is 1. The molecule has 26 heavy (non-hydrogen) atoms. The number of nitrogens with one attached hydrogen (secondary N) is 1. The molecular formula is C21H26N2O3. The van der Waals surface area contributed by atoms with Gasteiger partial charge in [0.1, 0.15) is 0 Å². The molecule has 5 heteroatoms. The van der Waals surface area contributed by atoms with Crippen LogP contribution in [-0.4, -0.2) is 35.8 Å². The van der Waals surface area contributed by atoms with Gasteiger partial charge in [-0.15, -0.1) is 0 Å². The van der Waals surface area contributed by atoms with Crippen molar-refractivity contribution >= 4 is 5.91 Å². The summed E-state index contributed by atoms with van der Waals surface area (Å²) < 4.78 is 5.59. The van der Waals surface area contributed by atoms with Gasteiger partial charge in [-0.05, 0) is 36.8 Å². The van der Waals surface area contributed by atoms with Crippen molar-refractivity contribution in [1.29, 1.82) is 0 Å². The van der Waals surface area contributed by atoms with Crippen LogP contribution in [0.25, 0.3) is 0 Å². The highest BCUT2D eigenvalue weighted by Crippen LogP contribution is 2.29. The lowest BCUT2D eigenvalue weighted by molar-refractivity contribution is 0.0895. The Morgan fingerprint density at radius 1 is 1.27 bits per heavy atom. The fourth-order valence-corrected chi connectivity index (χ4v) is 2.75. The molecule has 138 valence electrons. The summed E-state index contributed by atoms with van der Waals surface area (Å²) in [6.45, 7) is 3.05. The molecule has 1 fully saturated rings. The zero-order valence-corrected chi connectivity index (χ0v) is 15.1. The Morgan fingerprint density at radius 3 is 2.65 bits per heavy atom. The summed E-state index contributed by atoms with van der Waals surface area (Å²) in [5.74, 6) is 1.03. The van der Waals surface area contributed by atoms with Crippen LogP contribution in [0, 0.1) is 11.3 Å². The molecule has 0 bridgehead atoms. The monoisotopic (exact) mass is 354 g/mol. The third-order valence-electron chi connectivity index (χ3n) is 4.69. The Kier molecular flexibility index (Phi) is 5.89. The van der Waals surface area contributed by atoms with E-state index in [0.29, 0.717) is 36.9 Å². The topological polar surface area (TPSA) is 71.5 Å².